The van der Waals surface area contributed by atoms with Gasteiger partial charge in [0, 0.05) is 74.5 Å². The summed E-state index contributed by atoms with van der Waals surface area (Å²) in [6, 6.07) is 6.87. The Hall–Kier alpha value is -4.44. The molecule has 1 aromatic rings. The quantitative estimate of drug-likeness (QED) is 0.127. The molecule has 2 fully saturated rings. The summed E-state index contributed by atoms with van der Waals surface area (Å²) < 4.78 is 17.0. The highest BCUT2D eigenvalue weighted by Crippen LogP contribution is 2.30. The molecule has 8 atom stereocenters. The SMILES string of the molecule is CC[C@H](C)[C@@H]([C@@H](CC(=O)N1CCCC1[C@H](OC)[C@@H](C)C(=O)NC(Cc1ccccc1)C(=O)OC)OC)N(C)C(=O)C(N=C(N(C)C)N1CCN(C(=O)O)CC1)C(C)C. The molecule has 58 heavy (non-hydrogen) atoms. The van der Waals surface area contributed by atoms with E-state index in [1.807, 2.05) is 81.9 Å². The number of carbonyl (C=O) groups excluding carboxylic acids is 4. The summed E-state index contributed by atoms with van der Waals surface area (Å²) in [6.07, 6.45) is 0.0917. The zero-order valence-electron chi connectivity index (χ0n) is 36.6. The summed E-state index contributed by atoms with van der Waals surface area (Å²) in [5.41, 5.74) is 0.872. The summed E-state index contributed by atoms with van der Waals surface area (Å²) in [5, 5.41) is 12.3. The Balaban J connectivity index is 1.81. The molecule has 2 saturated heterocycles. The molecule has 3 unspecified atom stereocenters. The average Bonchev–Trinajstić information content (AvgIpc) is 3.70. The summed E-state index contributed by atoms with van der Waals surface area (Å²) >= 11 is 0. The van der Waals surface area contributed by atoms with E-state index in [2.05, 4.69) is 5.32 Å². The van der Waals surface area contributed by atoms with Crippen molar-refractivity contribution in [1.82, 2.24) is 29.8 Å². The van der Waals surface area contributed by atoms with E-state index in [4.69, 9.17) is 19.2 Å². The Bertz CT molecular complexity index is 1540. The first kappa shape index (κ1) is 47.9. The second-order valence-electron chi connectivity index (χ2n) is 16.1. The minimum atomic E-state index is -0.955. The number of amides is 4. The lowest BCUT2D eigenvalue weighted by Gasteiger charge is -2.41. The number of methoxy groups -OCH3 is 3. The van der Waals surface area contributed by atoms with Crippen LogP contribution in [-0.4, -0.2) is 177 Å². The van der Waals surface area contributed by atoms with Gasteiger partial charge in [0.15, 0.2) is 5.96 Å². The van der Waals surface area contributed by atoms with Crippen LogP contribution in [-0.2, 0) is 39.8 Å². The molecule has 2 aliphatic rings. The molecular weight excluding hydrogens is 747 g/mol. The molecule has 2 N–H and O–H groups in total. The molecule has 1 aromatic carbocycles. The molecule has 3 rings (SSSR count). The molecule has 0 aromatic heterocycles. The number of guanidine groups is 1. The number of piperazine rings is 1. The van der Waals surface area contributed by atoms with Crippen molar-refractivity contribution in [2.45, 2.75) is 103 Å². The lowest BCUT2D eigenvalue weighted by molar-refractivity contribution is -0.148. The lowest BCUT2D eigenvalue weighted by atomic mass is 9.89. The largest absolute Gasteiger partial charge is 0.467 e. The highest BCUT2D eigenvalue weighted by molar-refractivity contribution is 5.88. The number of benzene rings is 1. The number of likely N-dealkylation sites (N-methyl/N-ethyl adjacent to an activating group) is 1. The second-order valence-corrected chi connectivity index (χ2v) is 16.1. The maximum atomic E-state index is 14.5. The number of aliphatic imine (C=N–C) groups is 1. The van der Waals surface area contributed by atoms with Gasteiger partial charge in [-0.15, -0.1) is 0 Å². The number of hydrogen-bond donors (Lipinski definition) is 2. The van der Waals surface area contributed by atoms with E-state index in [-0.39, 0.29) is 42.4 Å². The monoisotopic (exact) mass is 816 g/mol. The van der Waals surface area contributed by atoms with Crippen molar-refractivity contribution in [2.75, 3.05) is 75.2 Å². The molecule has 16 nitrogen and oxygen atoms in total. The van der Waals surface area contributed by atoms with Gasteiger partial charge in [0.05, 0.1) is 43.7 Å². The van der Waals surface area contributed by atoms with Crippen LogP contribution in [0.4, 0.5) is 4.79 Å². The van der Waals surface area contributed by atoms with E-state index in [0.29, 0.717) is 45.1 Å². The van der Waals surface area contributed by atoms with Gasteiger partial charge in [-0.05, 0) is 30.2 Å². The van der Waals surface area contributed by atoms with E-state index in [9.17, 15) is 29.1 Å². The summed E-state index contributed by atoms with van der Waals surface area (Å²) in [7, 11) is 9.85. The summed E-state index contributed by atoms with van der Waals surface area (Å²) in [5.74, 6) is -1.60. The third-order valence-corrected chi connectivity index (χ3v) is 11.7. The van der Waals surface area contributed by atoms with Crippen molar-refractivity contribution in [1.29, 1.82) is 0 Å². The molecule has 4 amide bonds. The third-order valence-electron chi connectivity index (χ3n) is 11.7. The molecule has 0 bridgehead atoms. The average molecular weight is 816 g/mol. The van der Waals surface area contributed by atoms with Crippen molar-refractivity contribution in [3.05, 3.63) is 35.9 Å². The Labute approximate surface area is 345 Å². The number of rotatable bonds is 18. The fourth-order valence-electron chi connectivity index (χ4n) is 8.19. The number of carbonyl (C=O) groups is 5. The van der Waals surface area contributed by atoms with Crippen LogP contribution in [0, 0.1) is 17.8 Å². The van der Waals surface area contributed by atoms with Gasteiger partial charge in [0.1, 0.15) is 12.1 Å². The highest BCUT2D eigenvalue weighted by Gasteiger charge is 2.43. The predicted molar refractivity (Wildman–Crippen MR) is 221 cm³/mol. The molecule has 0 saturated carbocycles. The van der Waals surface area contributed by atoms with Crippen molar-refractivity contribution in [2.24, 2.45) is 22.7 Å². The van der Waals surface area contributed by atoms with Gasteiger partial charge in [-0.2, -0.15) is 0 Å². The summed E-state index contributed by atoms with van der Waals surface area (Å²) in [6.45, 7) is 11.8. The minimum absolute atomic E-state index is 0.00451. The zero-order chi connectivity index (χ0) is 43.3. The highest BCUT2D eigenvalue weighted by atomic mass is 16.5. The van der Waals surface area contributed by atoms with Crippen LogP contribution in [0.3, 0.4) is 0 Å². The van der Waals surface area contributed by atoms with Crippen molar-refractivity contribution in [3.63, 3.8) is 0 Å². The first-order chi connectivity index (χ1) is 27.5. The molecule has 326 valence electrons. The maximum absolute atomic E-state index is 14.5. The molecule has 2 heterocycles. The van der Waals surface area contributed by atoms with Gasteiger partial charge in [0.2, 0.25) is 17.7 Å². The first-order valence-electron chi connectivity index (χ1n) is 20.5. The van der Waals surface area contributed by atoms with Crippen LogP contribution in [0.15, 0.2) is 35.3 Å². The number of nitrogens with one attached hydrogen (secondary N) is 1. The second kappa shape index (κ2) is 22.6. The minimum Gasteiger partial charge on any atom is -0.467 e. The van der Waals surface area contributed by atoms with E-state index < -0.39 is 54.4 Å². The van der Waals surface area contributed by atoms with Crippen LogP contribution in [0.2, 0.25) is 0 Å². The van der Waals surface area contributed by atoms with Crippen LogP contribution < -0.4 is 5.32 Å². The fraction of sp³-hybridized carbons (Fsp3) is 0.714. The third kappa shape index (κ3) is 12.3. The normalized spacial score (nSPS) is 19.8. The van der Waals surface area contributed by atoms with E-state index in [1.165, 1.54) is 19.1 Å². The van der Waals surface area contributed by atoms with Gasteiger partial charge >= 0.3 is 12.1 Å². The van der Waals surface area contributed by atoms with Crippen LogP contribution in [0.1, 0.15) is 65.9 Å². The van der Waals surface area contributed by atoms with E-state index in [0.717, 1.165) is 18.4 Å². The number of esters is 1. The van der Waals surface area contributed by atoms with Crippen molar-refractivity contribution < 1.29 is 43.3 Å². The van der Waals surface area contributed by atoms with E-state index in [1.54, 1.807) is 30.9 Å². The van der Waals surface area contributed by atoms with Crippen molar-refractivity contribution in [3.8, 4) is 0 Å². The smallest absolute Gasteiger partial charge is 0.407 e. The van der Waals surface area contributed by atoms with Gasteiger partial charge in [0.25, 0.3) is 0 Å². The molecule has 0 aliphatic carbocycles. The van der Waals surface area contributed by atoms with Gasteiger partial charge in [-0.3, -0.25) is 14.4 Å². The Morgan fingerprint density at radius 1 is 0.914 bits per heavy atom. The molecule has 16 heteroatoms. The Morgan fingerprint density at radius 2 is 1.53 bits per heavy atom. The number of ether oxygens (including phenoxy) is 3. The molecular formula is C42H69N7O9. The number of likely N-dealkylation sites (tertiary alicyclic amines) is 1. The van der Waals surface area contributed by atoms with E-state index >= 15 is 0 Å². The van der Waals surface area contributed by atoms with Crippen LogP contribution in [0.5, 0.6) is 0 Å². The Morgan fingerprint density at radius 3 is 2.05 bits per heavy atom. The maximum Gasteiger partial charge on any atom is 0.407 e. The molecule has 0 spiro atoms. The van der Waals surface area contributed by atoms with Gasteiger partial charge in [-0.1, -0.05) is 71.4 Å². The van der Waals surface area contributed by atoms with Gasteiger partial charge in [-0.25, -0.2) is 14.6 Å². The fourth-order valence-corrected chi connectivity index (χ4v) is 8.19. The van der Waals surface area contributed by atoms with Crippen LogP contribution in [0.25, 0.3) is 0 Å². The summed E-state index contributed by atoms with van der Waals surface area (Å²) in [4.78, 5) is 80.5. The number of nitrogens with zero attached hydrogens (tertiary/aromatic N) is 6. The predicted octanol–water partition coefficient (Wildman–Crippen LogP) is 3.05. The Kier molecular flexibility index (Phi) is 18.7. The number of carboxylic acid groups (broad SMARTS) is 1. The van der Waals surface area contributed by atoms with Crippen molar-refractivity contribution >= 4 is 35.7 Å². The van der Waals surface area contributed by atoms with Crippen LogP contribution >= 0.6 is 0 Å². The topological polar surface area (TPSA) is 174 Å². The molecule has 2 aliphatic heterocycles. The number of hydrogen-bond acceptors (Lipinski definition) is 9. The first-order valence-corrected chi connectivity index (χ1v) is 20.5. The lowest BCUT2D eigenvalue weighted by Crippen LogP contribution is -2.56. The standard InChI is InChI=1S/C42H69N7O9/c1-12-28(4)36(46(8)39(52)35(27(2)3)44-41(45(6)7)47-21-23-48(24-22-47)42(54)55)33(56-9)26-34(50)49-20-16-19-32(49)37(57-10)29(5)38(51)43-31(40(53)58-11)25-30-17-14-13-15-18-30/h13-15,17-18,27-29,31-33,35-37H,12,16,19-26H2,1-11H3,(H,43,51)(H,54,55)/t28-,29+,31?,32?,33+,35?,36-,37+/m0/s1. The van der Waals surface area contributed by atoms with Gasteiger partial charge < -0.3 is 49.1 Å². The molecule has 0 radical (unpaired) electrons. The zero-order valence-corrected chi connectivity index (χ0v) is 36.6.